The van der Waals surface area contributed by atoms with E-state index < -0.39 is 0 Å². The van der Waals surface area contributed by atoms with E-state index in [1.54, 1.807) is 11.9 Å². The maximum absolute atomic E-state index is 12.3. The first-order valence-corrected chi connectivity index (χ1v) is 7.44. The minimum atomic E-state index is 0.0137. The Balaban J connectivity index is 2.06. The number of halogens is 1. The topological polar surface area (TPSA) is 23.6 Å². The molecule has 0 radical (unpaired) electrons. The number of rotatable bonds is 4. The minimum Gasteiger partial charge on any atom is -0.378 e. The summed E-state index contributed by atoms with van der Waals surface area (Å²) in [7, 11) is 5.75. The van der Waals surface area contributed by atoms with Gasteiger partial charge in [0.25, 0.3) is 5.91 Å². The Morgan fingerprint density at radius 1 is 1.10 bits per heavy atom. The second-order valence-electron chi connectivity index (χ2n) is 4.81. The molecule has 2 aromatic rings. The molecule has 1 heterocycles. The number of nitrogens with zero attached hydrogens (tertiary/aromatic N) is 2. The maximum Gasteiger partial charge on any atom is 0.253 e. The Labute approximate surface area is 128 Å². The number of carbonyl (C=O) groups excluding carboxylic acids is 1. The van der Waals surface area contributed by atoms with Crippen LogP contribution in [-0.2, 0) is 6.54 Å². The van der Waals surface area contributed by atoms with Crippen LogP contribution in [0.3, 0.4) is 0 Å². The van der Waals surface area contributed by atoms with Gasteiger partial charge in [-0.1, -0.05) is 11.6 Å². The van der Waals surface area contributed by atoms with Crippen LogP contribution >= 0.6 is 22.9 Å². The minimum absolute atomic E-state index is 0.0137. The molecule has 2 rings (SSSR count). The van der Waals surface area contributed by atoms with Crippen molar-refractivity contribution in [2.45, 2.75) is 6.54 Å². The molecule has 0 unspecified atom stereocenters. The number of benzene rings is 1. The lowest BCUT2D eigenvalue weighted by atomic mass is 10.1. The van der Waals surface area contributed by atoms with Crippen molar-refractivity contribution < 1.29 is 4.79 Å². The summed E-state index contributed by atoms with van der Waals surface area (Å²) in [5.41, 5.74) is 1.77. The second-order valence-corrected chi connectivity index (χ2v) is 6.61. The van der Waals surface area contributed by atoms with Crippen molar-refractivity contribution >= 4 is 34.5 Å². The van der Waals surface area contributed by atoms with Gasteiger partial charge < -0.3 is 9.80 Å². The van der Waals surface area contributed by atoms with Gasteiger partial charge in [-0.3, -0.25) is 4.79 Å². The van der Waals surface area contributed by atoms with Gasteiger partial charge in [0.15, 0.2) is 0 Å². The number of hydrogen-bond donors (Lipinski definition) is 0. The number of hydrogen-bond acceptors (Lipinski definition) is 3. The fourth-order valence-corrected chi connectivity index (χ4v) is 3.01. The van der Waals surface area contributed by atoms with Crippen LogP contribution in [0.15, 0.2) is 36.4 Å². The van der Waals surface area contributed by atoms with Crippen molar-refractivity contribution in [1.29, 1.82) is 0 Å². The molecule has 0 spiro atoms. The largest absolute Gasteiger partial charge is 0.378 e. The van der Waals surface area contributed by atoms with Crippen molar-refractivity contribution in [3.8, 4) is 0 Å². The summed E-state index contributed by atoms with van der Waals surface area (Å²) in [4.78, 5) is 17.1. The summed E-state index contributed by atoms with van der Waals surface area (Å²) >= 11 is 7.40. The zero-order valence-electron chi connectivity index (χ0n) is 11.8. The standard InChI is InChI=1S/C15H17ClN2OS/c1-17(2)12-6-4-11(5-7-12)15(19)18(3)10-13-8-9-14(16)20-13/h4-9H,10H2,1-3H3. The highest BCUT2D eigenvalue weighted by Gasteiger charge is 2.13. The molecule has 0 aliphatic carbocycles. The highest BCUT2D eigenvalue weighted by molar-refractivity contribution is 7.16. The Hall–Kier alpha value is -1.52. The van der Waals surface area contributed by atoms with Crippen molar-refractivity contribution in [2.75, 3.05) is 26.0 Å². The summed E-state index contributed by atoms with van der Waals surface area (Å²) in [6.07, 6.45) is 0. The highest BCUT2D eigenvalue weighted by atomic mass is 35.5. The third kappa shape index (κ3) is 3.52. The van der Waals surface area contributed by atoms with E-state index in [1.807, 2.05) is 55.4 Å². The smallest absolute Gasteiger partial charge is 0.253 e. The SMILES string of the molecule is CN(Cc1ccc(Cl)s1)C(=O)c1ccc(N(C)C)cc1. The lowest BCUT2D eigenvalue weighted by Gasteiger charge is -2.17. The molecule has 0 saturated carbocycles. The lowest BCUT2D eigenvalue weighted by Crippen LogP contribution is -2.25. The van der Waals surface area contributed by atoms with E-state index >= 15 is 0 Å². The summed E-state index contributed by atoms with van der Waals surface area (Å²) in [6.45, 7) is 0.575. The molecule has 0 atom stereocenters. The molecule has 0 bridgehead atoms. The van der Waals surface area contributed by atoms with Gasteiger partial charge in [0.05, 0.1) is 10.9 Å². The van der Waals surface area contributed by atoms with Gasteiger partial charge in [-0.2, -0.15) is 0 Å². The molecule has 0 aliphatic heterocycles. The van der Waals surface area contributed by atoms with E-state index in [9.17, 15) is 4.79 Å². The van der Waals surface area contributed by atoms with Crippen LogP contribution in [0, 0.1) is 0 Å². The Morgan fingerprint density at radius 2 is 1.75 bits per heavy atom. The third-order valence-electron chi connectivity index (χ3n) is 3.00. The lowest BCUT2D eigenvalue weighted by molar-refractivity contribution is 0.0786. The van der Waals surface area contributed by atoms with Crippen molar-refractivity contribution in [2.24, 2.45) is 0 Å². The predicted octanol–water partition coefficient (Wildman–Crippen LogP) is 3.74. The third-order valence-corrected chi connectivity index (χ3v) is 4.22. The first-order chi connectivity index (χ1) is 9.47. The quantitative estimate of drug-likeness (QED) is 0.859. The van der Waals surface area contributed by atoms with Crippen LogP contribution in [0.2, 0.25) is 4.34 Å². The molecular weight excluding hydrogens is 292 g/mol. The zero-order valence-corrected chi connectivity index (χ0v) is 13.3. The average molecular weight is 309 g/mol. The molecular formula is C15H17ClN2OS. The zero-order chi connectivity index (χ0) is 14.7. The Kier molecular flexibility index (Phi) is 4.68. The molecule has 106 valence electrons. The Bertz CT molecular complexity index is 592. The predicted molar refractivity (Wildman–Crippen MR) is 85.9 cm³/mol. The normalized spacial score (nSPS) is 10.4. The molecule has 0 fully saturated rings. The summed E-state index contributed by atoms with van der Waals surface area (Å²) < 4.78 is 0.746. The van der Waals surface area contributed by atoms with Crippen molar-refractivity contribution in [3.05, 3.63) is 51.2 Å². The fraction of sp³-hybridized carbons (Fsp3) is 0.267. The molecule has 20 heavy (non-hydrogen) atoms. The molecule has 0 N–H and O–H groups in total. The molecule has 5 heteroatoms. The molecule has 0 aliphatic rings. The average Bonchev–Trinajstić information content (AvgIpc) is 2.83. The van der Waals surface area contributed by atoms with Crippen LogP contribution < -0.4 is 4.90 Å². The monoisotopic (exact) mass is 308 g/mol. The maximum atomic E-state index is 12.3. The number of carbonyl (C=O) groups is 1. The van der Waals surface area contributed by atoms with Gasteiger partial charge in [-0.05, 0) is 36.4 Å². The Morgan fingerprint density at radius 3 is 2.25 bits per heavy atom. The van der Waals surface area contributed by atoms with E-state index in [0.29, 0.717) is 12.1 Å². The van der Waals surface area contributed by atoms with E-state index in [-0.39, 0.29) is 5.91 Å². The molecule has 1 amide bonds. The summed E-state index contributed by atoms with van der Waals surface area (Å²) in [5, 5.41) is 0. The molecule has 3 nitrogen and oxygen atoms in total. The number of anilines is 1. The van der Waals surface area contributed by atoms with Gasteiger partial charge in [0.1, 0.15) is 0 Å². The van der Waals surface area contributed by atoms with E-state index in [1.165, 1.54) is 11.3 Å². The number of amides is 1. The van der Waals surface area contributed by atoms with Gasteiger partial charge in [-0.15, -0.1) is 11.3 Å². The second kappa shape index (κ2) is 6.29. The van der Waals surface area contributed by atoms with Gasteiger partial charge in [0.2, 0.25) is 0 Å². The van der Waals surface area contributed by atoms with Gasteiger partial charge >= 0.3 is 0 Å². The van der Waals surface area contributed by atoms with Crippen molar-refractivity contribution in [1.82, 2.24) is 4.90 Å². The molecule has 1 aromatic carbocycles. The molecule has 1 aromatic heterocycles. The van der Waals surface area contributed by atoms with Crippen LogP contribution in [-0.4, -0.2) is 32.0 Å². The van der Waals surface area contributed by atoms with Crippen LogP contribution in [0.25, 0.3) is 0 Å². The van der Waals surface area contributed by atoms with E-state index in [0.717, 1.165) is 14.9 Å². The van der Waals surface area contributed by atoms with Crippen LogP contribution in [0.4, 0.5) is 5.69 Å². The van der Waals surface area contributed by atoms with Crippen LogP contribution in [0.1, 0.15) is 15.2 Å². The van der Waals surface area contributed by atoms with Gasteiger partial charge in [-0.25, -0.2) is 0 Å². The summed E-state index contributed by atoms with van der Waals surface area (Å²) in [5.74, 6) is 0.0137. The van der Waals surface area contributed by atoms with E-state index in [2.05, 4.69) is 0 Å². The van der Waals surface area contributed by atoms with Crippen molar-refractivity contribution in [3.63, 3.8) is 0 Å². The fourth-order valence-electron chi connectivity index (χ4n) is 1.86. The van der Waals surface area contributed by atoms with Gasteiger partial charge in [0, 0.05) is 37.3 Å². The first kappa shape index (κ1) is 14.9. The van der Waals surface area contributed by atoms with E-state index in [4.69, 9.17) is 11.6 Å². The number of thiophene rings is 1. The van der Waals surface area contributed by atoms with Crippen LogP contribution in [0.5, 0.6) is 0 Å². The first-order valence-electron chi connectivity index (χ1n) is 6.24. The molecule has 0 saturated heterocycles. The highest BCUT2D eigenvalue weighted by Crippen LogP contribution is 2.23. The summed E-state index contributed by atoms with van der Waals surface area (Å²) in [6, 6.07) is 11.4.